The van der Waals surface area contributed by atoms with Gasteiger partial charge in [-0.1, -0.05) is 30.3 Å². The number of rotatable bonds is 8. The van der Waals surface area contributed by atoms with Gasteiger partial charge in [-0.2, -0.15) is 11.8 Å². The summed E-state index contributed by atoms with van der Waals surface area (Å²) in [6, 6.07) is 13.2. The molecule has 5 heteroatoms. The molecule has 0 atom stereocenters. The number of hydrogen-bond acceptors (Lipinski definition) is 4. The van der Waals surface area contributed by atoms with Crippen molar-refractivity contribution < 1.29 is 19.1 Å². The molecular weight excluding hydrogens is 276 g/mol. The quantitative estimate of drug-likeness (QED) is 0.755. The Morgan fingerprint density at radius 1 is 1.20 bits per heavy atom. The van der Waals surface area contributed by atoms with Crippen molar-refractivity contribution in [2.75, 3.05) is 12.4 Å². The van der Waals surface area contributed by atoms with Gasteiger partial charge in [0.05, 0.1) is 19.0 Å². The van der Waals surface area contributed by atoms with Crippen molar-refractivity contribution in [3.63, 3.8) is 0 Å². The van der Waals surface area contributed by atoms with Gasteiger partial charge in [0.15, 0.2) is 0 Å². The van der Waals surface area contributed by atoms with Crippen LogP contribution in [-0.2, 0) is 17.1 Å². The maximum Gasteiger partial charge on any atom is 0.371 e. The third-order valence-electron chi connectivity index (χ3n) is 2.60. The fourth-order valence-electron chi connectivity index (χ4n) is 1.63. The summed E-state index contributed by atoms with van der Waals surface area (Å²) in [6.45, 7) is 1.28. The Labute approximate surface area is 121 Å². The highest BCUT2D eigenvalue weighted by molar-refractivity contribution is 7.98. The summed E-state index contributed by atoms with van der Waals surface area (Å²) in [4.78, 5) is 10.6. The molecule has 0 saturated heterocycles. The number of aromatic carboxylic acids is 1. The van der Waals surface area contributed by atoms with Gasteiger partial charge in [0, 0.05) is 5.75 Å². The van der Waals surface area contributed by atoms with E-state index in [1.807, 2.05) is 30.3 Å². The van der Waals surface area contributed by atoms with Crippen LogP contribution in [-0.4, -0.2) is 23.4 Å². The fraction of sp³-hybridized carbons (Fsp3) is 0.267. The summed E-state index contributed by atoms with van der Waals surface area (Å²) in [7, 11) is 0. The minimum atomic E-state index is -1.03. The van der Waals surface area contributed by atoms with Crippen LogP contribution in [0, 0.1) is 0 Å². The third kappa shape index (κ3) is 4.75. The highest BCUT2D eigenvalue weighted by Gasteiger charge is 2.08. The third-order valence-corrected chi connectivity index (χ3v) is 3.54. The Hall–Kier alpha value is -1.72. The molecule has 0 radical (unpaired) electrons. The van der Waals surface area contributed by atoms with Gasteiger partial charge in [-0.15, -0.1) is 0 Å². The molecule has 2 aromatic rings. The van der Waals surface area contributed by atoms with Crippen LogP contribution in [0.3, 0.4) is 0 Å². The summed E-state index contributed by atoms with van der Waals surface area (Å²) in [5.74, 6) is 1.13. The van der Waals surface area contributed by atoms with E-state index in [1.165, 1.54) is 6.07 Å². The second kappa shape index (κ2) is 7.77. The van der Waals surface area contributed by atoms with Crippen LogP contribution >= 0.6 is 11.8 Å². The molecule has 0 unspecified atom stereocenters. The van der Waals surface area contributed by atoms with E-state index < -0.39 is 5.97 Å². The molecule has 20 heavy (non-hydrogen) atoms. The van der Waals surface area contributed by atoms with Crippen LogP contribution in [0.4, 0.5) is 0 Å². The predicted octanol–water partition coefficient (Wildman–Crippen LogP) is 3.43. The van der Waals surface area contributed by atoms with Gasteiger partial charge in [-0.3, -0.25) is 0 Å². The van der Waals surface area contributed by atoms with Gasteiger partial charge in [0.2, 0.25) is 5.76 Å². The molecule has 0 aliphatic rings. The Morgan fingerprint density at radius 2 is 2.00 bits per heavy atom. The number of furan rings is 1. The molecule has 1 N–H and O–H groups in total. The number of benzene rings is 1. The standard InChI is InChI=1S/C15H16O4S/c16-15(17)14-7-6-13(19-14)11-20-9-8-18-10-12-4-2-1-3-5-12/h1-7H,8-11H2,(H,16,17). The number of carbonyl (C=O) groups is 1. The lowest BCUT2D eigenvalue weighted by Crippen LogP contribution is -1.98. The van der Waals surface area contributed by atoms with E-state index in [2.05, 4.69) is 0 Å². The van der Waals surface area contributed by atoms with Crippen molar-refractivity contribution >= 4 is 17.7 Å². The first kappa shape index (κ1) is 14.7. The molecule has 1 aromatic carbocycles. The zero-order valence-electron chi connectivity index (χ0n) is 11.0. The van der Waals surface area contributed by atoms with Crippen LogP contribution in [0.25, 0.3) is 0 Å². The first-order chi connectivity index (χ1) is 9.75. The lowest BCUT2D eigenvalue weighted by atomic mass is 10.2. The van der Waals surface area contributed by atoms with Crippen LogP contribution in [0.2, 0.25) is 0 Å². The molecule has 0 aliphatic heterocycles. The molecule has 4 nitrogen and oxygen atoms in total. The van der Waals surface area contributed by atoms with Gasteiger partial charge in [0.25, 0.3) is 0 Å². The summed E-state index contributed by atoms with van der Waals surface area (Å²) in [5.41, 5.74) is 1.16. The number of ether oxygens (including phenoxy) is 1. The van der Waals surface area contributed by atoms with Gasteiger partial charge < -0.3 is 14.3 Å². The molecule has 1 heterocycles. The van der Waals surface area contributed by atoms with Crippen molar-refractivity contribution in [2.24, 2.45) is 0 Å². The Kier molecular flexibility index (Phi) is 5.70. The number of carboxylic acids is 1. The Morgan fingerprint density at radius 3 is 2.70 bits per heavy atom. The number of carboxylic acid groups (broad SMARTS) is 1. The van der Waals surface area contributed by atoms with Gasteiger partial charge >= 0.3 is 5.97 Å². The van der Waals surface area contributed by atoms with Crippen LogP contribution in [0.15, 0.2) is 46.9 Å². The van der Waals surface area contributed by atoms with Crippen molar-refractivity contribution in [1.29, 1.82) is 0 Å². The molecule has 0 aliphatic carbocycles. The molecular formula is C15H16O4S. The normalized spacial score (nSPS) is 10.6. The van der Waals surface area contributed by atoms with Crippen molar-refractivity contribution in [3.8, 4) is 0 Å². The van der Waals surface area contributed by atoms with E-state index in [4.69, 9.17) is 14.3 Å². The summed E-state index contributed by atoms with van der Waals surface area (Å²) in [5, 5.41) is 8.73. The minimum Gasteiger partial charge on any atom is -0.475 e. The van der Waals surface area contributed by atoms with Crippen LogP contribution in [0.1, 0.15) is 21.9 Å². The van der Waals surface area contributed by atoms with Crippen LogP contribution in [0.5, 0.6) is 0 Å². The summed E-state index contributed by atoms with van der Waals surface area (Å²) < 4.78 is 10.7. The van der Waals surface area contributed by atoms with Gasteiger partial charge in [-0.05, 0) is 17.7 Å². The van der Waals surface area contributed by atoms with E-state index in [-0.39, 0.29) is 5.76 Å². The molecule has 1 aromatic heterocycles. The zero-order valence-corrected chi connectivity index (χ0v) is 11.8. The van der Waals surface area contributed by atoms with Crippen molar-refractivity contribution in [1.82, 2.24) is 0 Å². The Balaban J connectivity index is 1.58. The molecule has 0 saturated carbocycles. The molecule has 2 rings (SSSR count). The molecule has 0 amide bonds. The average molecular weight is 292 g/mol. The molecule has 0 fully saturated rings. The molecule has 0 bridgehead atoms. The SMILES string of the molecule is O=C(O)c1ccc(CSCCOCc2ccccc2)o1. The van der Waals surface area contributed by atoms with Crippen molar-refractivity contribution in [3.05, 3.63) is 59.5 Å². The largest absolute Gasteiger partial charge is 0.475 e. The van der Waals surface area contributed by atoms with Gasteiger partial charge in [0.1, 0.15) is 5.76 Å². The highest BCUT2D eigenvalue weighted by atomic mass is 32.2. The average Bonchev–Trinajstić information content (AvgIpc) is 2.93. The smallest absolute Gasteiger partial charge is 0.371 e. The first-order valence-corrected chi connectivity index (χ1v) is 7.42. The topological polar surface area (TPSA) is 59.7 Å². The maximum absolute atomic E-state index is 10.6. The highest BCUT2D eigenvalue weighted by Crippen LogP contribution is 2.15. The molecule has 106 valence electrons. The zero-order chi connectivity index (χ0) is 14.2. The summed E-state index contributed by atoms with van der Waals surface area (Å²) >= 11 is 1.65. The van der Waals surface area contributed by atoms with Crippen molar-refractivity contribution in [2.45, 2.75) is 12.4 Å². The predicted molar refractivity (Wildman–Crippen MR) is 77.9 cm³/mol. The monoisotopic (exact) mass is 292 g/mol. The first-order valence-electron chi connectivity index (χ1n) is 6.27. The number of thioether (sulfide) groups is 1. The van der Waals surface area contributed by atoms with E-state index >= 15 is 0 Å². The Bertz CT molecular complexity index is 536. The minimum absolute atomic E-state index is 0.0130. The second-order valence-electron chi connectivity index (χ2n) is 4.16. The lowest BCUT2D eigenvalue weighted by Gasteiger charge is -2.03. The van der Waals surface area contributed by atoms with E-state index in [0.717, 1.165) is 11.3 Å². The maximum atomic E-state index is 10.6. The summed E-state index contributed by atoms with van der Waals surface area (Å²) in [6.07, 6.45) is 0. The van der Waals surface area contributed by atoms with Crippen LogP contribution < -0.4 is 0 Å². The lowest BCUT2D eigenvalue weighted by molar-refractivity contribution is 0.0661. The molecule has 0 spiro atoms. The second-order valence-corrected chi connectivity index (χ2v) is 5.27. The van der Waals surface area contributed by atoms with E-state index in [0.29, 0.717) is 24.7 Å². The van der Waals surface area contributed by atoms with E-state index in [1.54, 1.807) is 17.8 Å². The van der Waals surface area contributed by atoms with E-state index in [9.17, 15) is 4.79 Å². The van der Waals surface area contributed by atoms with Gasteiger partial charge in [-0.25, -0.2) is 4.79 Å². The number of hydrogen-bond donors (Lipinski definition) is 1. The fourth-order valence-corrected chi connectivity index (χ4v) is 2.36.